The zero-order valence-corrected chi connectivity index (χ0v) is 9.84. The van der Waals surface area contributed by atoms with Gasteiger partial charge in [0.05, 0.1) is 0 Å². The van der Waals surface area contributed by atoms with Crippen LogP contribution in [0.15, 0.2) is 0 Å². The summed E-state index contributed by atoms with van der Waals surface area (Å²) in [5, 5.41) is 15.7. The van der Waals surface area contributed by atoms with Gasteiger partial charge in [-0.3, -0.25) is 5.32 Å². The van der Waals surface area contributed by atoms with E-state index < -0.39 is 0 Å². The summed E-state index contributed by atoms with van der Waals surface area (Å²) in [5.41, 5.74) is 0. The number of hydrogen-bond acceptors (Lipinski definition) is 3. The average Bonchev–Trinajstić information content (AvgIpc) is 2.13. The Hall–Kier alpha value is -0.120. The fourth-order valence-electron chi connectivity index (χ4n) is 1.35. The fourth-order valence-corrected chi connectivity index (χ4v) is 1.35. The molecule has 0 aliphatic carbocycles. The van der Waals surface area contributed by atoms with Crippen LogP contribution in [0.4, 0.5) is 0 Å². The molecule has 1 unspecified atom stereocenters. The van der Waals surface area contributed by atoms with Crippen molar-refractivity contribution in [2.45, 2.75) is 45.8 Å². The number of rotatable bonds is 9. The average molecular weight is 202 g/mol. The quantitative estimate of drug-likeness (QED) is 0.390. The molecule has 0 aromatic heterocycles. The minimum absolute atomic E-state index is 0.324. The Balaban J connectivity index is 3.14. The molecule has 0 aromatic carbocycles. The zero-order chi connectivity index (χ0) is 10.8. The van der Waals surface area contributed by atoms with Crippen LogP contribution in [0.2, 0.25) is 0 Å². The second-order valence-corrected chi connectivity index (χ2v) is 4.25. The van der Waals surface area contributed by atoms with E-state index in [1.54, 1.807) is 0 Å². The zero-order valence-electron chi connectivity index (χ0n) is 9.84. The first kappa shape index (κ1) is 13.9. The van der Waals surface area contributed by atoms with Crippen LogP contribution in [0.1, 0.15) is 39.5 Å². The molecule has 3 nitrogen and oxygen atoms in total. The van der Waals surface area contributed by atoms with Gasteiger partial charge >= 0.3 is 0 Å². The molecule has 0 amide bonds. The van der Waals surface area contributed by atoms with Crippen LogP contribution >= 0.6 is 0 Å². The van der Waals surface area contributed by atoms with Crippen molar-refractivity contribution in [3.05, 3.63) is 0 Å². The Kier molecular flexibility index (Phi) is 9.35. The predicted octanol–water partition coefficient (Wildman–Crippen LogP) is 1.33. The van der Waals surface area contributed by atoms with Gasteiger partial charge in [-0.15, -0.1) is 0 Å². The van der Waals surface area contributed by atoms with Crippen molar-refractivity contribution < 1.29 is 5.11 Å². The van der Waals surface area contributed by atoms with Gasteiger partial charge in [0, 0.05) is 0 Å². The predicted molar refractivity (Wildman–Crippen MR) is 61.2 cm³/mol. The lowest BCUT2D eigenvalue weighted by Crippen LogP contribution is -2.30. The summed E-state index contributed by atoms with van der Waals surface area (Å²) in [7, 11) is 1.93. The van der Waals surface area contributed by atoms with Gasteiger partial charge in [-0.25, -0.2) is 0 Å². The SMILES string of the molecule is CNCCCC(O)NCCCC(C)C. The van der Waals surface area contributed by atoms with Crippen LogP contribution in [-0.2, 0) is 0 Å². The van der Waals surface area contributed by atoms with Gasteiger partial charge in [0.1, 0.15) is 6.23 Å². The highest BCUT2D eigenvalue weighted by molar-refractivity contribution is 4.56. The molecule has 0 aromatic rings. The molecule has 0 spiro atoms. The monoisotopic (exact) mass is 202 g/mol. The van der Waals surface area contributed by atoms with E-state index in [0.717, 1.165) is 38.3 Å². The number of nitrogens with one attached hydrogen (secondary N) is 2. The van der Waals surface area contributed by atoms with Gasteiger partial charge in [0.2, 0.25) is 0 Å². The van der Waals surface area contributed by atoms with Crippen molar-refractivity contribution in [3.63, 3.8) is 0 Å². The lowest BCUT2D eigenvalue weighted by atomic mass is 10.1. The van der Waals surface area contributed by atoms with Crippen LogP contribution < -0.4 is 10.6 Å². The summed E-state index contributed by atoms with van der Waals surface area (Å²) in [4.78, 5) is 0. The molecule has 0 radical (unpaired) electrons. The number of hydrogen-bond donors (Lipinski definition) is 3. The molecule has 86 valence electrons. The molecule has 14 heavy (non-hydrogen) atoms. The maximum Gasteiger partial charge on any atom is 0.104 e. The topological polar surface area (TPSA) is 44.3 Å². The highest BCUT2D eigenvalue weighted by atomic mass is 16.3. The van der Waals surface area contributed by atoms with E-state index in [-0.39, 0.29) is 6.23 Å². The van der Waals surface area contributed by atoms with Gasteiger partial charge < -0.3 is 10.4 Å². The molecule has 0 saturated heterocycles. The Morgan fingerprint density at radius 1 is 1.07 bits per heavy atom. The van der Waals surface area contributed by atoms with Gasteiger partial charge in [-0.1, -0.05) is 13.8 Å². The first-order valence-electron chi connectivity index (χ1n) is 5.73. The van der Waals surface area contributed by atoms with Crippen LogP contribution in [0.5, 0.6) is 0 Å². The normalized spacial score (nSPS) is 13.5. The van der Waals surface area contributed by atoms with E-state index in [1.165, 1.54) is 6.42 Å². The van der Waals surface area contributed by atoms with E-state index >= 15 is 0 Å². The van der Waals surface area contributed by atoms with E-state index in [4.69, 9.17) is 0 Å². The first-order valence-corrected chi connectivity index (χ1v) is 5.73. The van der Waals surface area contributed by atoms with Crippen molar-refractivity contribution in [2.75, 3.05) is 20.1 Å². The van der Waals surface area contributed by atoms with Crippen molar-refractivity contribution in [1.82, 2.24) is 10.6 Å². The second-order valence-electron chi connectivity index (χ2n) is 4.25. The first-order chi connectivity index (χ1) is 6.66. The third kappa shape index (κ3) is 9.96. The lowest BCUT2D eigenvalue weighted by Gasteiger charge is -2.12. The molecule has 0 aliphatic rings. The minimum atomic E-state index is -0.324. The van der Waals surface area contributed by atoms with Crippen molar-refractivity contribution in [1.29, 1.82) is 0 Å². The van der Waals surface area contributed by atoms with E-state index in [1.807, 2.05) is 7.05 Å². The lowest BCUT2D eigenvalue weighted by molar-refractivity contribution is 0.125. The Labute approximate surface area is 88.3 Å². The molecular weight excluding hydrogens is 176 g/mol. The summed E-state index contributed by atoms with van der Waals surface area (Å²) in [6.45, 7) is 6.36. The summed E-state index contributed by atoms with van der Waals surface area (Å²) in [5.74, 6) is 0.762. The Morgan fingerprint density at radius 3 is 2.29 bits per heavy atom. The Bertz CT molecular complexity index is 118. The molecule has 3 heteroatoms. The standard InChI is InChI=1S/C11H26N2O/c1-10(2)6-4-9-13-11(14)7-5-8-12-3/h10-14H,4-9H2,1-3H3. The molecule has 0 rings (SSSR count). The highest BCUT2D eigenvalue weighted by Gasteiger charge is 2.01. The van der Waals surface area contributed by atoms with Crippen LogP contribution in [0, 0.1) is 5.92 Å². The van der Waals surface area contributed by atoms with Crippen molar-refractivity contribution >= 4 is 0 Å². The smallest absolute Gasteiger partial charge is 0.104 e. The maximum absolute atomic E-state index is 9.50. The molecular formula is C11H26N2O. The van der Waals surface area contributed by atoms with Crippen molar-refractivity contribution in [2.24, 2.45) is 5.92 Å². The van der Waals surface area contributed by atoms with Crippen LogP contribution in [0.25, 0.3) is 0 Å². The highest BCUT2D eigenvalue weighted by Crippen LogP contribution is 2.02. The second kappa shape index (κ2) is 9.44. The van der Waals surface area contributed by atoms with E-state index in [2.05, 4.69) is 24.5 Å². The molecule has 1 atom stereocenters. The minimum Gasteiger partial charge on any atom is -0.379 e. The van der Waals surface area contributed by atoms with Gasteiger partial charge in [0.25, 0.3) is 0 Å². The summed E-state index contributed by atoms with van der Waals surface area (Å²) in [6.07, 6.45) is 3.92. The van der Waals surface area contributed by atoms with Crippen LogP contribution in [0.3, 0.4) is 0 Å². The molecule has 0 fully saturated rings. The summed E-state index contributed by atoms with van der Waals surface area (Å²) < 4.78 is 0. The fraction of sp³-hybridized carbons (Fsp3) is 1.00. The number of aliphatic hydroxyl groups is 1. The van der Waals surface area contributed by atoms with Gasteiger partial charge in [-0.05, 0) is 51.7 Å². The molecule has 3 N–H and O–H groups in total. The van der Waals surface area contributed by atoms with E-state index in [0.29, 0.717) is 0 Å². The molecule has 0 bridgehead atoms. The van der Waals surface area contributed by atoms with Crippen LogP contribution in [-0.4, -0.2) is 31.5 Å². The summed E-state index contributed by atoms with van der Waals surface area (Å²) in [6, 6.07) is 0. The van der Waals surface area contributed by atoms with Crippen molar-refractivity contribution in [3.8, 4) is 0 Å². The molecule has 0 heterocycles. The van der Waals surface area contributed by atoms with Gasteiger partial charge in [0.15, 0.2) is 0 Å². The van der Waals surface area contributed by atoms with E-state index in [9.17, 15) is 5.11 Å². The molecule has 0 aliphatic heterocycles. The Morgan fingerprint density at radius 2 is 1.71 bits per heavy atom. The van der Waals surface area contributed by atoms with Gasteiger partial charge in [-0.2, -0.15) is 0 Å². The third-order valence-electron chi connectivity index (χ3n) is 2.24. The third-order valence-corrected chi connectivity index (χ3v) is 2.24. The largest absolute Gasteiger partial charge is 0.379 e. The molecule has 0 saturated carbocycles. The number of aliphatic hydroxyl groups excluding tert-OH is 1. The maximum atomic E-state index is 9.50. The summed E-state index contributed by atoms with van der Waals surface area (Å²) >= 11 is 0.